The van der Waals surface area contributed by atoms with E-state index in [-0.39, 0.29) is 36.3 Å². The van der Waals surface area contributed by atoms with Gasteiger partial charge in [0.2, 0.25) is 5.91 Å². The highest BCUT2D eigenvalue weighted by Gasteiger charge is 2.17. The van der Waals surface area contributed by atoms with E-state index in [4.69, 9.17) is 5.73 Å². The van der Waals surface area contributed by atoms with Crippen molar-refractivity contribution >= 4 is 18.3 Å². The van der Waals surface area contributed by atoms with Crippen LogP contribution >= 0.6 is 12.4 Å². The molecule has 0 aliphatic heterocycles. The van der Waals surface area contributed by atoms with Gasteiger partial charge in [0.05, 0.1) is 6.04 Å². The molecule has 3 N–H and O–H groups in total. The molecule has 1 amide bonds. The zero-order valence-corrected chi connectivity index (χ0v) is 11.8. The lowest BCUT2D eigenvalue weighted by atomic mass is 10.0. The second kappa shape index (κ2) is 8.07. The third-order valence-electron chi connectivity index (χ3n) is 2.59. The summed E-state index contributed by atoms with van der Waals surface area (Å²) in [6, 6.07) is 2.64. The molecule has 0 fully saturated rings. The molecule has 0 radical (unpaired) electrons. The Morgan fingerprint density at radius 3 is 2.53 bits per heavy atom. The minimum Gasteiger partial charge on any atom is -0.349 e. The lowest BCUT2D eigenvalue weighted by molar-refractivity contribution is -0.122. The fraction of sp³-hybridized carbons (Fsp3) is 0.462. The molecule has 0 spiro atoms. The Morgan fingerprint density at radius 1 is 1.42 bits per heavy atom. The van der Waals surface area contributed by atoms with Gasteiger partial charge in [0.25, 0.3) is 0 Å². The van der Waals surface area contributed by atoms with Crippen molar-refractivity contribution in [3.8, 4) is 0 Å². The molecular formula is C13H19ClF2N2O. The Hall–Kier alpha value is -1.20. The first-order valence-corrected chi connectivity index (χ1v) is 5.94. The first-order chi connectivity index (χ1) is 8.43. The Morgan fingerprint density at radius 2 is 2.05 bits per heavy atom. The molecule has 3 nitrogen and oxygen atoms in total. The van der Waals surface area contributed by atoms with Crippen LogP contribution in [0.4, 0.5) is 8.78 Å². The molecule has 0 saturated heterocycles. The van der Waals surface area contributed by atoms with E-state index in [0.29, 0.717) is 6.42 Å². The molecule has 2 atom stereocenters. The van der Waals surface area contributed by atoms with Crippen LogP contribution in [0, 0.1) is 11.6 Å². The van der Waals surface area contributed by atoms with Crippen molar-refractivity contribution in [3.63, 3.8) is 0 Å². The van der Waals surface area contributed by atoms with Gasteiger partial charge in [-0.25, -0.2) is 8.78 Å². The van der Waals surface area contributed by atoms with E-state index >= 15 is 0 Å². The molecule has 0 aromatic heterocycles. The van der Waals surface area contributed by atoms with Gasteiger partial charge < -0.3 is 11.1 Å². The maximum Gasteiger partial charge on any atom is 0.222 e. The second-order valence-corrected chi connectivity index (χ2v) is 4.38. The van der Waals surface area contributed by atoms with Crippen molar-refractivity contribution in [1.29, 1.82) is 0 Å². The lowest BCUT2D eigenvalue weighted by Crippen LogP contribution is -2.33. The van der Waals surface area contributed by atoms with Crippen LogP contribution in [0.3, 0.4) is 0 Å². The monoisotopic (exact) mass is 292 g/mol. The lowest BCUT2D eigenvalue weighted by Gasteiger charge is -2.18. The van der Waals surface area contributed by atoms with E-state index < -0.39 is 17.7 Å². The Labute approximate surface area is 118 Å². The summed E-state index contributed by atoms with van der Waals surface area (Å²) in [6.45, 7) is 3.54. The molecule has 0 aliphatic rings. The van der Waals surface area contributed by atoms with Gasteiger partial charge in [-0.15, -0.1) is 12.4 Å². The van der Waals surface area contributed by atoms with Gasteiger partial charge in [-0.1, -0.05) is 13.0 Å². The fourth-order valence-corrected chi connectivity index (χ4v) is 1.73. The van der Waals surface area contributed by atoms with Gasteiger partial charge >= 0.3 is 0 Å². The summed E-state index contributed by atoms with van der Waals surface area (Å²) in [5.41, 5.74) is 5.80. The summed E-state index contributed by atoms with van der Waals surface area (Å²) in [6.07, 6.45) is 0.701. The summed E-state index contributed by atoms with van der Waals surface area (Å²) < 4.78 is 26.4. The highest BCUT2D eigenvalue weighted by Crippen LogP contribution is 2.21. The molecule has 6 heteroatoms. The smallest absolute Gasteiger partial charge is 0.222 e. The van der Waals surface area contributed by atoms with Gasteiger partial charge in [0.1, 0.15) is 11.6 Å². The predicted molar refractivity (Wildman–Crippen MR) is 73.0 cm³/mol. The van der Waals surface area contributed by atoms with Crippen molar-refractivity contribution in [2.45, 2.75) is 38.8 Å². The zero-order chi connectivity index (χ0) is 13.7. The largest absolute Gasteiger partial charge is 0.349 e. The van der Waals surface area contributed by atoms with Gasteiger partial charge in [0, 0.05) is 24.1 Å². The standard InChI is InChI=1S/C13H18F2N2O.ClH/c1-3-12(17-13(18)6-8(2)16)10-5-4-9(14)7-11(10)15;/h4-5,7-8,12H,3,6,16H2,1-2H3,(H,17,18);1H. The van der Waals surface area contributed by atoms with Crippen LogP contribution in [0.1, 0.15) is 38.3 Å². The van der Waals surface area contributed by atoms with E-state index in [1.54, 1.807) is 6.92 Å². The molecule has 1 rings (SSSR count). The molecule has 0 heterocycles. The molecular weight excluding hydrogens is 274 g/mol. The van der Waals surface area contributed by atoms with Crippen molar-refractivity contribution in [2.75, 3.05) is 0 Å². The molecule has 1 aromatic rings. The molecule has 0 aliphatic carbocycles. The minimum atomic E-state index is -0.650. The number of nitrogens with one attached hydrogen (secondary N) is 1. The van der Waals surface area contributed by atoms with E-state index in [1.807, 2.05) is 6.92 Å². The molecule has 19 heavy (non-hydrogen) atoms. The zero-order valence-electron chi connectivity index (χ0n) is 11.0. The second-order valence-electron chi connectivity index (χ2n) is 4.38. The average Bonchev–Trinajstić information content (AvgIpc) is 2.25. The fourth-order valence-electron chi connectivity index (χ4n) is 1.73. The van der Waals surface area contributed by atoms with Crippen molar-refractivity contribution < 1.29 is 13.6 Å². The quantitative estimate of drug-likeness (QED) is 0.877. The number of hydrogen-bond donors (Lipinski definition) is 2. The minimum absolute atomic E-state index is 0. The van der Waals surface area contributed by atoms with E-state index in [1.165, 1.54) is 12.1 Å². The number of hydrogen-bond acceptors (Lipinski definition) is 2. The number of benzene rings is 1. The number of halogens is 3. The maximum atomic E-state index is 13.6. The van der Waals surface area contributed by atoms with Gasteiger partial charge in [-0.2, -0.15) is 0 Å². The molecule has 0 bridgehead atoms. The van der Waals surface area contributed by atoms with Crippen LogP contribution in [0.5, 0.6) is 0 Å². The number of rotatable bonds is 5. The SMILES string of the molecule is CCC(NC(=O)CC(C)N)c1ccc(F)cc1F.Cl. The summed E-state index contributed by atoms with van der Waals surface area (Å²) in [7, 11) is 0. The summed E-state index contributed by atoms with van der Waals surface area (Å²) >= 11 is 0. The van der Waals surface area contributed by atoms with Crippen LogP contribution in [-0.4, -0.2) is 11.9 Å². The molecule has 108 valence electrons. The van der Waals surface area contributed by atoms with Gasteiger partial charge in [0.15, 0.2) is 0 Å². The summed E-state index contributed by atoms with van der Waals surface area (Å²) in [5, 5.41) is 2.69. The number of nitrogens with two attached hydrogens (primary N) is 1. The Bertz CT molecular complexity index is 427. The third-order valence-corrected chi connectivity index (χ3v) is 2.59. The molecule has 2 unspecified atom stereocenters. The van der Waals surface area contributed by atoms with Gasteiger partial charge in [-0.05, 0) is 19.4 Å². The first kappa shape index (κ1) is 17.8. The van der Waals surface area contributed by atoms with Crippen LogP contribution in [0.2, 0.25) is 0 Å². The number of carbonyl (C=O) groups is 1. The van der Waals surface area contributed by atoms with Crippen molar-refractivity contribution in [2.24, 2.45) is 5.73 Å². The van der Waals surface area contributed by atoms with Crippen LogP contribution in [0.15, 0.2) is 18.2 Å². The normalized spacial score (nSPS) is 13.3. The van der Waals surface area contributed by atoms with E-state index in [0.717, 1.165) is 6.07 Å². The van der Waals surface area contributed by atoms with Crippen LogP contribution in [-0.2, 0) is 4.79 Å². The van der Waals surface area contributed by atoms with Crippen LogP contribution < -0.4 is 11.1 Å². The van der Waals surface area contributed by atoms with E-state index in [2.05, 4.69) is 5.32 Å². The maximum absolute atomic E-state index is 13.6. The van der Waals surface area contributed by atoms with Crippen molar-refractivity contribution in [1.82, 2.24) is 5.32 Å². The topological polar surface area (TPSA) is 55.1 Å². The van der Waals surface area contributed by atoms with Crippen molar-refractivity contribution in [3.05, 3.63) is 35.4 Å². The highest BCUT2D eigenvalue weighted by molar-refractivity contribution is 5.85. The molecule has 0 saturated carbocycles. The Kier molecular flexibility index (Phi) is 7.56. The first-order valence-electron chi connectivity index (χ1n) is 5.94. The highest BCUT2D eigenvalue weighted by atomic mass is 35.5. The Balaban J connectivity index is 0.00000324. The van der Waals surface area contributed by atoms with E-state index in [9.17, 15) is 13.6 Å². The summed E-state index contributed by atoms with van der Waals surface area (Å²) in [5.74, 6) is -1.52. The summed E-state index contributed by atoms with van der Waals surface area (Å²) in [4.78, 5) is 11.6. The predicted octanol–water partition coefficient (Wildman–Crippen LogP) is 2.69. The average molecular weight is 293 g/mol. The van der Waals surface area contributed by atoms with Crippen LogP contribution in [0.25, 0.3) is 0 Å². The third kappa shape index (κ3) is 5.53. The number of carbonyl (C=O) groups excluding carboxylic acids is 1. The number of amides is 1. The molecule has 1 aromatic carbocycles. The van der Waals surface area contributed by atoms with Gasteiger partial charge in [-0.3, -0.25) is 4.79 Å².